The van der Waals surface area contributed by atoms with E-state index >= 15 is 0 Å². The van der Waals surface area contributed by atoms with E-state index in [0.29, 0.717) is 13.1 Å². The van der Waals surface area contributed by atoms with Crippen LogP contribution in [0, 0.1) is 6.92 Å². The molecule has 1 heterocycles. The Kier molecular flexibility index (Phi) is 4.03. The van der Waals surface area contributed by atoms with Crippen LogP contribution in [0.3, 0.4) is 0 Å². The lowest BCUT2D eigenvalue weighted by molar-refractivity contribution is -0.119. The number of amides is 1. The molecule has 0 saturated heterocycles. The van der Waals surface area contributed by atoms with Gasteiger partial charge in [0.1, 0.15) is 5.01 Å². The van der Waals surface area contributed by atoms with Gasteiger partial charge in [0.15, 0.2) is 0 Å². The normalized spacial score (nSPS) is 10.8. The fourth-order valence-corrected chi connectivity index (χ4v) is 1.98. The maximum absolute atomic E-state index is 10.7. The highest BCUT2D eigenvalue weighted by Gasteiger charge is 2.08. The van der Waals surface area contributed by atoms with Crippen molar-refractivity contribution in [1.82, 2.24) is 9.88 Å². The molecule has 2 N–H and O–H groups in total. The third-order valence-corrected chi connectivity index (χ3v) is 2.80. The molecule has 0 aliphatic carbocycles. The minimum Gasteiger partial charge on any atom is -0.369 e. The zero-order valence-electron chi connectivity index (χ0n) is 8.49. The summed E-state index contributed by atoms with van der Waals surface area (Å²) in [5.74, 6) is -0.292. The predicted octanol–water partition coefficient (Wildman–Crippen LogP) is 0.759. The first-order chi connectivity index (χ1) is 6.61. The van der Waals surface area contributed by atoms with Gasteiger partial charge in [0.2, 0.25) is 5.91 Å². The van der Waals surface area contributed by atoms with Crippen LogP contribution in [0.15, 0.2) is 5.38 Å². The minimum atomic E-state index is -0.292. The molecule has 0 spiro atoms. The lowest BCUT2D eigenvalue weighted by atomic mass is 10.4. The van der Waals surface area contributed by atoms with E-state index in [4.69, 9.17) is 5.73 Å². The van der Waals surface area contributed by atoms with Gasteiger partial charge in [-0.25, -0.2) is 4.98 Å². The number of aromatic nitrogens is 1. The van der Waals surface area contributed by atoms with Crippen LogP contribution < -0.4 is 5.73 Å². The Hall–Kier alpha value is -0.940. The molecule has 0 radical (unpaired) electrons. The van der Waals surface area contributed by atoms with Crippen molar-refractivity contribution in [2.45, 2.75) is 20.4 Å². The molecule has 1 aromatic rings. The van der Waals surface area contributed by atoms with Crippen LogP contribution in [0.25, 0.3) is 0 Å². The van der Waals surface area contributed by atoms with Crippen LogP contribution in [-0.4, -0.2) is 28.9 Å². The third-order valence-electron chi connectivity index (χ3n) is 1.85. The molecule has 0 aliphatic heterocycles. The number of primary amides is 1. The van der Waals surface area contributed by atoms with E-state index in [9.17, 15) is 4.79 Å². The average molecular weight is 213 g/mol. The van der Waals surface area contributed by atoms with Gasteiger partial charge >= 0.3 is 0 Å². The Labute approximate surface area is 87.7 Å². The van der Waals surface area contributed by atoms with Crippen molar-refractivity contribution in [3.05, 3.63) is 16.1 Å². The first kappa shape index (κ1) is 11.1. The van der Waals surface area contributed by atoms with Crippen LogP contribution in [-0.2, 0) is 11.3 Å². The lowest BCUT2D eigenvalue weighted by Crippen LogP contribution is -2.33. The van der Waals surface area contributed by atoms with Crippen molar-refractivity contribution >= 4 is 17.2 Å². The fourth-order valence-electron chi connectivity index (χ4n) is 1.17. The molecule has 1 aromatic heterocycles. The molecule has 0 aromatic carbocycles. The highest BCUT2D eigenvalue weighted by atomic mass is 32.1. The van der Waals surface area contributed by atoms with E-state index in [1.165, 1.54) is 0 Å². The smallest absolute Gasteiger partial charge is 0.231 e. The van der Waals surface area contributed by atoms with Crippen molar-refractivity contribution in [3.8, 4) is 0 Å². The Morgan fingerprint density at radius 3 is 2.86 bits per heavy atom. The SMILES string of the molecule is CCN(CC(N)=O)Cc1nc(C)cs1. The maximum atomic E-state index is 10.7. The predicted molar refractivity (Wildman–Crippen MR) is 57.0 cm³/mol. The standard InChI is InChI=1S/C9H15N3OS/c1-3-12(4-8(10)13)5-9-11-7(2)6-14-9/h6H,3-5H2,1-2H3,(H2,10,13). The maximum Gasteiger partial charge on any atom is 0.231 e. The summed E-state index contributed by atoms with van der Waals surface area (Å²) in [5.41, 5.74) is 6.16. The van der Waals surface area contributed by atoms with Gasteiger partial charge in [0.05, 0.1) is 13.1 Å². The Morgan fingerprint density at radius 2 is 2.43 bits per heavy atom. The molecule has 1 amide bonds. The number of aryl methyl sites for hydroxylation is 1. The summed E-state index contributed by atoms with van der Waals surface area (Å²) in [6, 6.07) is 0. The van der Waals surface area contributed by atoms with Gasteiger partial charge in [-0.05, 0) is 13.5 Å². The third kappa shape index (κ3) is 3.43. The minimum absolute atomic E-state index is 0.292. The molecule has 0 aliphatic rings. The molecule has 0 unspecified atom stereocenters. The van der Waals surface area contributed by atoms with Crippen LogP contribution in [0.1, 0.15) is 17.6 Å². The highest BCUT2D eigenvalue weighted by molar-refractivity contribution is 7.09. The van der Waals surface area contributed by atoms with Crippen molar-refractivity contribution in [3.63, 3.8) is 0 Å². The number of nitrogens with zero attached hydrogens (tertiary/aromatic N) is 2. The van der Waals surface area contributed by atoms with Crippen LogP contribution in [0.5, 0.6) is 0 Å². The molecule has 5 heteroatoms. The molecule has 0 atom stereocenters. The van der Waals surface area contributed by atoms with Gasteiger partial charge in [-0.2, -0.15) is 0 Å². The second kappa shape index (κ2) is 5.07. The zero-order chi connectivity index (χ0) is 10.6. The summed E-state index contributed by atoms with van der Waals surface area (Å²) in [7, 11) is 0. The zero-order valence-corrected chi connectivity index (χ0v) is 9.30. The largest absolute Gasteiger partial charge is 0.369 e. The summed E-state index contributed by atoms with van der Waals surface area (Å²) in [6.45, 7) is 5.78. The van der Waals surface area contributed by atoms with Gasteiger partial charge in [-0.1, -0.05) is 6.92 Å². The number of nitrogens with two attached hydrogens (primary N) is 1. The van der Waals surface area contributed by atoms with Gasteiger partial charge < -0.3 is 5.73 Å². The van der Waals surface area contributed by atoms with Gasteiger partial charge in [-0.3, -0.25) is 9.69 Å². The Bertz CT molecular complexity index is 311. The molecule has 14 heavy (non-hydrogen) atoms. The molecule has 0 saturated carbocycles. The summed E-state index contributed by atoms with van der Waals surface area (Å²) in [5, 5.41) is 3.04. The van der Waals surface area contributed by atoms with Gasteiger partial charge in [-0.15, -0.1) is 11.3 Å². The van der Waals surface area contributed by atoms with E-state index in [-0.39, 0.29) is 5.91 Å². The average Bonchev–Trinajstić information content (AvgIpc) is 2.49. The van der Waals surface area contributed by atoms with Crippen molar-refractivity contribution in [2.75, 3.05) is 13.1 Å². The summed E-state index contributed by atoms with van der Waals surface area (Å²) >= 11 is 1.62. The second-order valence-electron chi connectivity index (χ2n) is 3.15. The van der Waals surface area contributed by atoms with Gasteiger partial charge in [0.25, 0.3) is 0 Å². The van der Waals surface area contributed by atoms with Crippen molar-refractivity contribution in [1.29, 1.82) is 0 Å². The van der Waals surface area contributed by atoms with E-state index in [1.807, 2.05) is 24.1 Å². The molecule has 0 fully saturated rings. The van der Waals surface area contributed by atoms with Crippen LogP contribution in [0.4, 0.5) is 0 Å². The Morgan fingerprint density at radius 1 is 1.71 bits per heavy atom. The number of hydrogen-bond acceptors (Lipinski definition) is 4. The molecule has 1 rings (SSSR count). The number of hydrogen-bond donors (Lipinski definition) is 1. The van der Waals surface area contributed by atoms with Crippen LogP contribution in [0.2, 0.25) is 0 Å². The first-order valence-corrected chi connectivity index (χ1v) is 5.41. The summed E-state index contributed by atoms with van der Waals surface area (Å²) in [4.78, 5) is 17.0. The Balaban J connectivity index is 2.52. The number of carbonyl (C=O) groups is 1. The second-order valence-corrected chi connectivity index (χ2v) is 4.09. The quantitative estimate of drug-likeness (QED) is 0.785. The fraction of sp³-hybridized carbons (Fsp3) is 0.556. The topological polar surface area (TPSA) is 59.2 Å². The van der Waals surface area contributed by atoms with E-state index in [2.05, 4.69) is 4.98 Å². The highest BCUT2D eigenvalue weighted by Crippen LogP contribution is 2.10. The number of carbonyl (C=O) groups excluding carboxylic acids is 1. The summed E-state index contributed by atoms with van der Waals surface area (Å²) < 4.78 is 0. The monoisotopic (exact) mass is 213 g/mol. The van der Waals surface area contributed by atoms with Crippen molar-refractivity contribution in [2.24, 2.45) is 5.73 Å². The molecular weight excluding hydrogens is 198 g/mol. The van der Waals surface area contributed by atoms with Gasteiger partial charge in [0, 0.05) is 11.1 Å². The number of rotatable bonds is 5. The molecular formula is C9H15N3OS. The molecule has 0 bridgehead atoms. The van der Waals surface area contributed by atoms with E-state index < -0.39 is 0 Å². The summed E-state index contributed by atoms with van der Waals surface area (Å²) in [6.07, 6.45) is 0. The number of likely N-dealkylation sites (N-methyl/N-ethyl adjacent to an activating group) is 1. The molecule has 78 valence electrons. The van der Waals surface area contributed by atoms with E-state index in [0.717, 1.165) is 17.2 Å². The van der Waals surface area contributed by atoms with Crippen molar-refractivity contribution < 1.29 is 4.79 Å². The number of thiazole rings is 1. The lowest BCUT2D eigenvalue weighted by Gasteiger charge is -2.16. The first-order valence-electron chi connectivity index (χ1n) is 4.53. The van der Waals surface area contributed by atoms with E-state index in [1.54, 1.807) is 11.3 Å². The molecule has 4 nitrogen and oxygen atoms in total. The van der Waals surface area contributed by atoms with Crippen LogP contribution >= 0.6 is 11.3 Å².